The average molecular weight is 170 g/mol. The molecule has 3 nitrogen and oxygen atoms in total. The van der Waals surface area contributed by atoms with Crippen molar-refractivity contribution in [3.8, 4) is 0 Å². The molecule has 0 aromatic heterocycles. The molecule has 1 rings (SSSR count). The van der Waals surface area contributed by atoms with Crippen molar-refractivity contribution in [3.63, 3.8) is 0 Å². The van der Waals surface area contributed by atoms with E-state index in [9.17, 15) is 5.11 Å². The van der Waals surface area contributed by atoms with Crippen molar-refractivity contribution in [2.45, 2.75) is 11.7 Å². The molecule has 0 heterocycles. The maximum absolute atomic E-state index is 9.94. The molecule has 1 N–H and O–H groups in total. The minimum Gasteiger partial charge on any atom is -0.381 e. The third kappa shape index (κ3) is 1.75. The molecule has 0 aromatic rings. The summed E-state index contributed by atoms with van der Waals surface area (Å²) in [6.45, 7) is 0.242. The normalized spacial score (nSPS) is 34.1. The first kappa shape index (κ1) is 9.45. The van der Waals surface area contributed by atoms with E-state index >= 15 is 0 Å². The summed E-state index contributed by atoms with van der Waals surface area (Å²) in [5.41, 5.74) is -1.02. The van der Waals surface area contributed by atoms with Crippen LogP contribution in [-0.2, 0) is 9.47 Å². The summed E-state index contributed by atoms with van der Waals surface area (Å²) < 4.78 is 9.99. The molecular formula is C9H14O3. The largest absolute Gasteiger partial charge is 0.381 e. The Bertz CT molecular complexity index is 198. The van der Waals surface area contributed by atoms with Gasteiger partial charge in [-0.25, -0.2) is 0 Å². The second kappa shape index (κ2) is 3.85. The minimum atomic E-state index is -1.02. The number of methoxy groups -OCH3 is 2. The summed E-state index contributed by atoms with van der Waals surface area (Å²) in [5, 5.41) is 9.94. The molecule has 0 amide bonds. The highest BCUT2D eigenvalue weighted by Crippen LogP contribution is 2.20. The summed E-state index contributed by atoms with van der Waals surface area (Å²) in [4.78, 5) is 0. The first-order valence-electron chi connectivity index (χ1n) is 3.83. The van der Waals surface area contributed by atoms with Crippen LogP contribution >= 0.6 is 0 Å². The highest BCUT2D eigenvalue weighted by atomic mass is 16.5. The molecular weight excluding hydrogens is 156 g/mol. The zero-order valence-electron chi connectivity index (χ0n) is 7.36. The number of ether oxygens (including phenoxy) is 2. The molecule has 0 bridgehead atoms. The summed E-state index contributed by atoms with van der Waals surface area (Å²) >= 11 is 0. The summed E-state index contributed by atoms with van der Waals surface area (Å²) in [5.74, 6) is 0. The Morgan fingerprint density at radius 1 is 1.42 bits per heavy atom. The highest BCUT2D eigenvalue weighted by molar-refractivity contribution is 5.23. The monoisotopic (exact) mass is 170 g/mol. The van der Waals surface area contributed by atoms with Crippen molar-refractivity contribution in [2.75, 3.05) is 20.8 Å². The van der Waals surface area contributed by atoms with Crippen LogP contribution in [0.1, 0.15) is 0 Å². The molecule has 3 heteroatoms. The molecule has 0 radical (unpaired) electrons. The van der Waals surface area contributed by atoms with Crippen LogP contribution in [0.3, 0.4) is 0 Å². The van der Waals surface area contributed by atoms with Crippen LogP contribution < -0.4 is 0 Å². The van der Waals surface area contributed by atoms with E-state index in [1.165, 1.54) is 0 Å². The molecule has 0 spiro atoms. The Morgan fingerprint density at radius 3 is 2.75 bits per heavy atom. The van der Waals surface area contributed by atoms with Crippen molar-refractivity contribution >= 4 is 0 Å². The molecule has 0 saturated carbocycles. The van der Waals surface area contributed by atoms with Gasteiger partial charge >= 0.3 is 0 Å². The van der Waals surface area contributed by atoms with E-state index in [4.69, 9.17) is 9.47 Å². The maximum atomic E-state index is 9.94. The lowest BCUT2D eigenvalue weighted by molar-refractivity contribution is -0.0775. The second-order valence-electron chi connectivity index (χ2n) is 2.82. The third-order valence-electron chi connectivity index (χ3n) is 1.90. The highest BCUT2D eigenvalue weighted by Gasteiger charge is 2.34. The van der Waals surface area contributed by atoms with Gasteiger partial charge in [0.1, 0.15) is 11.7 Å². The Balaban J connectivity index is 2.72. The minimum absolute atomic E-state index is 0.242. The molecule has 0 saturated heterocycles. The van der Waals surface area contributed by atoms with Gasteiger partial charge in [0, 0.05) is 14.2 Å². The lowest BCUT2D eigenvalue weighted by Gasteiger charge is -2.31. The Labute approximate surface area is 72.3 Å². The number of hydrogen-bond acceptors (Lipinski definition) is 3. The standard InChI is InChI=1S/C9H14O3/c1-11-7-9(10)6-4-3-5-8(9)12-2/h3-6,8,10H,7H2,1-2H3. The van der Waals surface area contributed by atoms with Gasteiger partial charge in [-0.3, -0.25) is 0 Å². The van der Waals surface area contributed by atoms with E-state index in [0.717, 1.165) is 0 Å². The van der Waals surface area contributed by atoms with Crippen molar-refractivity contribution in [1.29, 1.82) is 0 Å². The summed E-state index contributed by atoms with van der Waals surface area (Å²) in [6, 6.07) is 0. The molecule has 0 aliphatic heterocycles. The number of allylic oxidation sites excluding steroid dienone is 2. The van der Waals surface area contributed by atoms with Gasteiger partial charge in [0.05, 0.1) is 6.61 Å². The van der Waals surface area contributed by atoms with Gasteiger partial charge in [-0.1, -0.05) is 18.2 Å². The topological polar surface area (TPSA) is 38.7 Å². The van der Waals surface area contributed by atoms with Gasteiger partial charge in [0.25, 0.3) is 0 Å². The van der Waals surface area contributed by atoms with Gasteiger partial charge in [0.15, 0.2) is 0 Å². The van der Waals surface area contributed by atoms with E-state index in [1.807, 2.05) is 6.08 Å². The van der Waals surface area contributed by atoms with E-state index in [-0.39, 0.29) is 12.7 Å². The van der Waals surface area contributed by atoms with Crippen LogP contribution in [-0.4, -0.2) is 37.6 Å². The summed E-state index contributed by atoms with van der Waals surface area (Å²) in [7, 11) is 3.12. The lowest BCUT2D eigenvalue weighted by Crippen LogP contribution is -2.45. The fourth-order valence-electron chi connectivity index (χ4n) is 1.29. The fourth-order valence-corrected chi connectivity index (χ4v) is 1.29. The van der Waals surface area contributed by atoms with Crippen LogP contribution in [0.15, 0.2) is 24.3 Å². The Morgan fingerprint density at radius 2 is 2.17 bits per heavy atom. The molecule has 1 aliphatic carbocycles. The maximum Gasteiger partial charge on any atom is 0.136 e. The van der Waals surface area contributed by atoms with Gasteiger partial charge in [-0.05, 0) is 6.08 Å². The zero-order chi connectivity index (χ0) is 9.03. The van der Waals surface area contributed by atoms with Crippen molar-refractivity contribution in [2.24, 2.45) is 0 Å². The Hall–Kier alpha value is -0.640. The average Bonchev–Trinajstić information content (AvgIpc) is 2.05. The SMILES string of the molecule is COCC1(O)C=CC=CC1OC. The van der Waals surface area contributed by atoms with Crippen molar-refractivity contribution in [3.05, 3.63) is 24.3 Å². The van der Waals surface area contributed by atoms with E-state index in [2.05, 4.69) is 0 Å². The molecule has 2 atom stereocenters. The smallest absolute Gasteiger partial charge is 0.136 e. The fraction of sp³-hybridized carbons (Fsp3) is 0.556. The van der Waals surface area contributed by atoms with Gasteiger partial charge in [0.2, 0.25) is 0 Å². The van der Waals surface area contributed by atoms with Gasteiger partial charge in [-0.2, -0.15) is 0 Å². The number of aliphatic hydroxyl groups is 1. The number of rotatable bonds is 3. The third-order valence-corrected chi connectivity index (χ3v) is 1.90. The lowest BCUT2D eigenvalue weighted by atomic mass is 9.93. The van der Waals surface area contributed by atoms with Crippen molar-refractivity contribution < 1.29 is 14.6 Å². The van der Waals surface area contributed by atoms with E-state index in [0.29, 0.717) is 0 Å². The molecule has 0 aromatic carbocycles. The molecule has 1 aliphatic rings. The molecule has 12 heavy (non-hydrogen) atoms. The van der Waals surface area contributed by atoms with Crippen LogP contribution in [0.4, 0.5) is 0 Å². The molecule has 2 unspecified atom stereocenters. The first-order chi connectivity index (χ1) is 5.73. The van der Waals surface area contributed by atoms with Crippen LogP contribution in [0, 0.1) is 0 Å². The number of hydrogen-bond donors (Lipinski definition) is 1. The van der Waals surface area contributed by atoms with Crippen LogP contribution in [0.5, 0.6) is 0 Å². The van der Waals surface area contributed by atoms with Crippen molar-refractivity contribution in [1.82, 2.24) is 0 Å². The van der Waals surface area contributed by atoms with E-state index in [1.54, 1.807) is 32.4 Å². The van der Waals surface area contributed by atoms with Crippen LogP contribution in [0.2, 0.25) is 0 Å². The van der Waals surface area contributed by atoms with Crippen LogP contribution in [0.25, 0.3) is 0 Å². The summed E-state index contributed by atoms with van der Waals surface area (Å²) in [6.07, 6.45) is 6.80. The van der Waals surface area contributed by atoms with E-state index < -0.39 is 5.60 Å². The van der Waals surface area contributed by atoms with Gasteiger partial charge < -0.3 is 14.6 Å². The first-order valence-corrected chi connectivity index (χ1v) is 3.83. The quantitative estimate of drug-likeness (QED) is 0.670. The van der Waals surface area contributed by atoms with Gasteiger partial charge in [-0.15, -0.1) is 0 Å². The molecule has 68 valence electrons. The molecule has 0 fully saturated rings. The zero-order valence-corrected chi connectivity index (χ0v) is 7.36. The Kier molecular flexibility index (Phi) is 3.03. The second-order valence-corrected chi connectivity index (χ2v) is 2.82. The predicted molar refractivity (Wildman–Crippen MR) is 45.9 cm³/mol. The predicted octanol–water partition coefficient (Wildman–Crippen LogP) is 0.505.